The average molecular weight is 348 g/mol. The van der Waals surface area contributed by atoms with Crippen LogP contribution < -0.4 is 0 Å². The number of sulfonamides is 1. The molecule has 0 fully saturated rings. The van der Waals surface area contributed by atoms with E-state index in [1.165, 1.54) is 40.9 Å². The lowest BCUT2D eigenvalue weighted by atomic mass is 10.2. The van der Waals surface area contributed by atoms with Crippen LogP contribution >= 0.6 is 0 Å². The molecule has 24 heavy (non-hydrogen) atoms. The van der Waals surface area contributed by atoms with Crippen LogP contribution in [0.1, 0.15) is 19.4 Å². The SMILES string of the molecule is CCN(CC)S(=O)(=O)c1ccc(N=Cc2ccc(O)cc2O)cc1. The number of nitrogens with zero attached hydrogens (tertiary/aromatic N) is 2. The highest BCUT2D eigenvalue weighted by Gasteiger charge is 2.20. The van der Waals surface area contributed by atoms with E-state index in [2.05, 4.69) is 4.99 Å². The van der Waals surface area contributed by atoms with Gasteiger partial charge in [-0.3, -0.25) is 4.99 Å². The van der Waals surface area contributed by atoms with Gasteiger partial charge in [0.2, 0.25) is 10.0 Å². The van der Waals surface area contributed by atoms with Gasteiger partial charge in [0.1, 0.15) is 11.5 Å². The van der Waals surface area contributed by atoms with Crippen molar-refractivity contribution in [3.63, 3.8) is 0 Å². The number of aromatic hydroxyl groups is 2. The Hall–Kier alpha value is -2.38. The summed E-state index contributed by atoms with van der Waals surface area (Å²) in [6.07, 6.45) is 1.45. The first-order valence-electron chi connectivity index (χ1n) is 7.54. The fraction of sp³-hybridized carbons (Fsp3) is 0.235. The maximum absolute atomic E-state index is 12.4. The number of aliphatic imine (C=N–C) groups is 1. The molecule has 0 saturated heterocycles. The van der Waals surface area contributed by atoms with Gasteiger partial charge in [-0.2, -0.15) is 4.31 Å². The monoisotopic (exact) mass is 348 g/mol. The van der Waals surface area contributed by atoms with Gasteiger partial charge in [-0.25, -0.2) is 8.42 Å². The van der Waals surface area contributed by atoms with Crippen molar-refractivity contribution in [1.29, 1.82) is 0 Å². The van der Waals surface area contributed by atoms with Crippen LogP contribution in [0.15, 0.2) is 52.4 Å². The first-order valence-corrected chi connectivity index (χ1v) is 8.98. The Kier molecular flexibility index (Phi) is 5.58. The lowest BCUT2D eigenvalue weighted by Gasteiger charge is -2.18. The predicted molar refractivity (Wildman–Crippen MR) is 93.6 cm³/mol. The maximum Gasteiger partial charge on any atom is 0.243 e. The Morgan fingerprint density at radius 1 is 1.04 bits per heavy atom. The van der Waals surface area contributed by atoms with Crippen LogP contribution in [-0.4, -0.2) is 42.2 Å². The number of hydrogen-bond donors (Lipinski definition) is 2. The zero-order valence-corrected chi connectivity index (χ0v) is 14.4. The molecule has 128 valence electrons. The lowest BCUT2D eigenvalue weighted by molar-refractivity contribution is 0.445. The van der Waals surface area contributed by atoms with Crippen molar-refractivity contribution in [2.75, 3.05) is 13.1 Å². The van der Waals surface area contributed by atoms with E-state index < -0.39 is 10.0 Å². The summed E-state index contributed by atoms with van der Waals surface area (Å²) in [5.41, 5.74) is 1.01. The highest BCUT2D eigenvalue weighted by atomic mass is 32.2. The predicted octanol–water partition coefficient (Wildman–Crippen LogP) is 2.88. The Balaban J connectivity index is 2.22. The first kappa shape index (κ1) is 18.0. The average Bonchev–Trinajstić information content (AvgIpc) is 2.55. The third-order valence-corrected chi connectivity index (χ3v) is 5.61. The van der Waals surface area contributed by atoms with Gasteiger partial charge in [0.05, 0.1) is 10.6 Å². The Morgan fingerprint density at radius 2 is 1.67 bits per heavy atom. The summed E-state index contributed by atoms with van der Waals surface area (Å²) in [6.45, 7) is 4.42. The molecule has 0 saturated carbocycles. The van der Waals surface area contributed by atoms with Crippen molar-refractivity contribution in [3.05, 3.63) is 48.0 Å². The second-order valence-electron chi connectivity index (χ2n) is 5.08. The van der Waals surface area contributed by atoms with E-state index >= 15 is 0 Å². The van der Waals surface area contributed by atoms with Crippen molar-refractivity contribution < 1.29 is 18.6 Å². The Labute approximate surface area is 141 Å². The molecule has 0 aliphatic heterocycles. The zero-order valence-electron chi connectivity index (χ0n) is 13.5. The molecule has 0 unspecified atom stereocenters. The fourth-order valence-electron chi connectivity index (χ4n) is 2.20. The van der Waals surface area contributed by atoms with Crippen LogP contribution in [0.3, 0.4) is 0 Å². The molecule has 2 rings (SSSR count). The zero-order chi connectivity index (χ0) is 17.7. The van der Waals surface area contributed by atoms with E-state index in [1.807, 2.05) is 0 Å². The Bertz CT molecular complexity index is 826. The number of benzene rings is 2. The van der Waals surface area contributed by atoms with Gasteiger partial charge >= 0.3 is 0 Å². The van der Waals surface area contributed by atoms with E-state index in [9.17, 15) is 18.6 Å². The van der Waals surface area contributed by atoms with Gasteiger partial charge in [0, 0.05) is 30.9 Å². The number of rotatable bonds is 6. The second kappa shape index (κ2) is 7.46. The van der Waals surface area contributed by atoms with Crippen molar-refractivity contribution in [2.45, 2.75) is 18.7 Å². The van der Waals surface area contributed by atoms with Crippen LogP contribution in [0.25, 0.3) is 0 Å². The summed E-state index contributed by atoms with van der Waals surface area (Å²) in [5, 5.41) is 18.9. The summed E-state index contributed by atoms with van der Waals surface area (Å²) < 4.78 is 26.2. The number of hydrogen-bond acceptors (Lipinski definition) is 5. The van der Waals surface area contributed by atoms with Crippen LogP contribution in [0, 0.1) is 0 Å². The van der Waals surface area contributed by atoms with Crippen molar-refractivity contribution in [3.8, 4) is 11.5 Å². The number of phenols is 2. The van der Waals surface area contributed by atoms with Gasteiger partial charge < -0.3 is 10.2 Å². The van der Waals surface area contributed by atoms with Crippen molar-refractivity contribution >= 4 is 21.9 Å². The minimum absolute atomic E-state index is 0.0318. The van der Waals surface area contributed by atoms with Gasteiger partial charge in [-0.05, 0) is 36.4 Å². The molecule has 0 aliphatic carbocycles. The van der Waals surface area contributed by atoms with Gasteiger partial charge in [-0.15, -0.1) is 0 Å². The molecule has 0 radical (unpaired) electrons. The van der Waals surface area contributed by atoms with E-state index in [0.29, 0.717) is 24.3 Å². The van der Waals surface area contributed by atoms with Gasteiger partial charge in [0.15, 0.2) is 0 Å². The normalized spacial score (nSPS) is 12.1. The van der Waals surface area contributed by atoms with Crippen LogP contribution in [0.4, 0.5) is 5.69 Å². The molecular weight excluding hydrogens is 328 g/mol. The van der Waals surface area contributed by atoms with Crippen molar-refractivity contribution in [2.24, 2.45) is 4.99 Å². The smallest absolute Gasteiger partial charge is 0.243 e. The molecule has 2 N–H and O–H groups in total. The summed E-state index contributed by atoms with van der Waals surface area (Å²) in [5.74, 6) is -0.116. The summed E-state index contributed by atoms with van der Waals surface area (Å²) in [6, 6.07) is 10.4. The minimum atomic E-state index is -3.48. The topological polar surface area (TPSA) is 90.2 Å². The third kappa shape index (κ3) is 3.93. The minimum Gasteiger partial charge on any atom is -0.508 e. The lowest BCUT2D eigenvalue weighted by Crippen LogP contribution is -2.30. The highest BCUT2D eigenvalue weighted by Crippen LogP contribution is 2.23. The molecule has 7 heteroatoms. The molecule has 0 amide bonds. The van der Waals surface area contributed by atoms with Gasteiger partial charge in [-0.1, -0.05) is 13.8 Å². The van der Waals surface area contributed by atoms with E-state index in [1.54, 1.807) is 26.0 Å². The van der Waals surface area contributed by atoms with Gasteiger partial charge in [0.25, 0.3) is 0 Å². The quantitative estimate of drug-likeness (QED) is 0.786. The highest BCUT2D eigenvalue weighted by molar-refractivity contribution is 7.89. The molecule has 0 aromatic heterocycles. The fourth-order valence-corrected chi connectivity index (χ4v) is 3.66. The summed E-state index contributed by atoms with van der Waals surface area (Å²) >= 11 is 0. The van der Waals surface area contributed by atoms with Crippen molar-refractivity contribution in [1.82, 2.24) is 4.31 Å². The Morgan fingerprint density at radius 3 is 2.21 bits per heavy atom. The molecule has 0 spiro atoms. The van der Waals surface area contributed by atoms with Crippen LogP contribution in [0.5, 0.6) is 11.5 Å². The summed E-state index contributed by atoms with van der Waals surface area (Å²) in [4.78, 5) is 4.42. The molecular formula is C17H20N2O4S. The molecule has 0 heterocycles. The summed E-state index contributed by atoms with van der Waals surface area (Å²) in [7, 11) is -3.48. The number of phenolic OH excluding ortho intramolecular Hbond substituents is 2. The maximum atomic E-state index is 12.4. The molecule has 0 bridgehead atoms. The standard InChI is InChI=1S/C17H20N2O4S/c1-3-19(4-2)24(22,23)16-9-6-14(7-10-16)18-12-13-5-8-15(20)11-17(13)21/h5-12,20-21H,3-4H2,1-2H3. The molecule has 0 atom stereocenters. The van der Waals surface area contributed by atoms with E-state index in [4.69, 9.17) is 0 Å². The molecule has 6 nitrogen and oxygen atoms in total. The second-order valence-corrected chi connectivity index (χ2v) is 7.02. The molecule has 0 aliphatic rings. The molecule has 2 aromatic carbocycles. The third-order valence-electron chi connectivity index (χ3n) is 3.55. The van der Waals surface area contributed by atoms with Crippen LogP contribution in [0.2, 0.25) is 0 Å². The first-order chi connectivity index (χ1) is 11.4. The largest absolute Gasteiger partial charge is 0.508 e. The van der Waals surface area contributed by atoms with E-state index in [-0.39, 0.29) is 16.4 Å². The molecule has 2 aromatic rings. The van der Waals surface area contributed by atoms with E-state index in [0.717, 1.165) is 0 Å². The van der Waals surface area contributed by atoms with Crippen LogP contribution in [-0.2, 0) is 10.0 Å².